The molecule has 2 unspecified atom stereocenters. The van der Waals surface area contributed by atoms with Gasteiger partial charge in [0.25, 0.3) is 0 Å². The van der Waals surface area contributed by atoms with E-state index in [1.165, 1.54) is 18.2 Å². The average Bonchev–Trinajstić information content (AvgIpc) is 2.57. The van der Waals surface area contributed by atoms with Gasteiger partial charge in [0.2, 0.25) is 5.91 Å². The minimum Gasteiger partial charge on any atom is -0.492 e. The molecule has 5 heteroatoms. The number of anilines is 1. The summed E-state index contributed by atoms with van der Waals surface area (Å²) in [4.78, 5) is 12.4. The first-order valence-electron chi connectivity index (χ1n) is 7.56. The second-order valence-electron chi connectivity index (χ2n) is 5.29. The first-order chi connectivity index (χ1) is 11.0. The molecule has 0 spiro atoms. The highest BCUT2D eigenvalue weighted by Gasteiger charge is 2.23. The lowest BCUT2D eigenvalue weighted by Gasteiger charge is -2.20. The van der Waals surface area contributed by atoms with Gasteiger partial charge < -0.3 is 15.8 Å². The summed E-state index contributed by atoms with van der Waals surface area (Å²) in [6.07, 6.45) is 0. The maximum Gasteiger partial charge on any atom is 0.229 e. The largest absolute Gasteiger partial charge is 0.492 e. The van der Waals surface area contributed by atoms with Gasteiger partial charge in [-0.15, -0.1) is 0 Å². The Labute approximate surface area is 135 Å². The van der Waals surface area contributed by atoms with Gasteiger partial charge in [-0.2, -0.15) is 0 Å². The van der Waals surface area contributed by atoms with E-state index in [-0.39, 0.29) is 5.91 Å². The molecule has 0 aliphatic heterocycles. The van der Waals surface area contributed by atoms with Crippen molar-refractivity contribution in [2.75, 3.05) is 11.9 Å². The Morgan fingerprint density at radius 3 is 2.61 bits per heavy atom. The zero-order valence-electron chi connectivity index (χ0n) is 13.3. The van der Waals surface area contributed by atoms with Gasteiger partial charge in [-0.3, -0.25) is 4.79 Å². The van der Waals surface area contributed by atoms with Crippen molar-refractivity contribution in [2.24, 2.45) is 11.7 Å². The molecular formula is C18H21FN2O2. The summed E-state index contributed by atoms with van der Waals surface area (Å²) in [5, 5.41) is 2.76. The molecule has 0 heterocycles. The Morgan fingerprint density at radius 1 is 1.26 bits per heavy atom. The lowest BCUT2D eigenvalue weighted by Crippen LogP contribution is -2.30. The highest BCUT2D eigenvalue weighted by Crippen LogP contribution is 2.27. The maximum atomic E-state index is 13.3. The third-order valence-corrected chi connectivity index (χ3v) is 3.64. The second kappa shape index (κ2) is 7.74. The summed E-state index contributed by atoms with van der Waals surface area (Å²) in [7, 11) is 0. The Morgan fingerprint density at radius 2 is 1.96 bits per heavy atom. The smallest absolute Gasteiger partial charge is 0.229 e. The molecule has 2 aromatic rings. The van der Waals surface area contributed by atoms with E-state index in [2.05, 4.69) is 5.32 Å². The molecular weight excluding hydrogens is 295 g/mol. The average molecular weight is 316 g/mol. The van der Waals surface area contributed by atoms with E-state index in [1.54, 1.807) is 13.8 Å². The molecule has 0 fully saturated rings. The van der Waals surface area contributed by atoms with E-state index >= 15 is 0 Å². The fraction of sp³-hybridized carbons (Fsp3) is 0.278. The zero-order valence-corrected chi connectivity index (χ0v) is 13.3. The summed E-state index contributed by atoms with van der Waals surface area (Å²) in [5.41, 5.74) is 7.49. The molecule has 0 saturated carbocycles. The third kappa shape index (κ3) is 4.29. The van der Waals surface area contributed by atoms with Crippen molar-refractivity contribution in [1.82, 2.24) is 0 Å². The van der Waals surface area contributed by atoms with Crippen LogP contribution in [0.5, 0.6) is 5.75 Å². The van der Waals surface area contributed by atoms with E-state index in [0.29, 0.717) is 18.0 Å². The van der Waals surface area contributed by atoms with Crippen molar-refractivity contribution >= 4 is 11.6 Å². The lowest BCUT2D eigenvalue weighted by atomic mass is 9.94. The van der Waals surface area contributed by atoms with Crippen molar-refractivity contribution < 1.29 is 13.9 Å². The van der Waals surface area contributed by atoms with Crippen LogP contribution in [0, 0.1) is 11.7 Å². The number of carbonyl (C=O) groups excluding carboxylic acids is 1. The molecule has 0 radical (unpaired) electrons. The molecule has 0 aliphatic rings. The predicted molar refractivity (Wildman–Crippen MR) is 88.7 cm³/mol. The molecule has 2 rings (SSSR count). The first-order valence-corrected chi connectivity index (χ1v) is 7.56. The van der Waals surface area contributed by atoms with Gasteiger partial charge in [0.05, 0.1) is 18.2 Å². The van der Waals surface area contributed by atoms with Crippen molar-refractivity contribution in [2.45, 2.75) is 19.9 Å². The third-order valence-electron chi connectivity index (χ3n) is 3.64. The number of amides is 1. The molecule has 23 heavy (non-hydrogen) atoms. The molecule has 1 amide bonds. The van der Waals surface area contributed by atoms with Crippen LogP contribution in [0.3, 0.4) is 0 Å². The van der Waals surface area contributed by atoms with Crippen LogP contribution in [0.1, 0.15) is 25.5 Å². The number of halogens is 1. The quantitative estimate of drug-likeness (QED) is 0.857. The SMILES string of the molecule is CCOc1cc(F)ccc1NC(=O)C(C)C(N)c1ccccc1. The number of rotatable bonds is 6. The van der Waals surface area contributed by atoms with E-state index in [1.807, 2.05) is 30.3 Å². The highest BCUT2D eigenvalue weighted by atomic mass is 19.1. The van der Waals surface area contributed by atoms with Gasteiger partial charge in [0.1, 0.15) is 11.6 Å². The number of nitrogens with two attached hydrogens (primary N) is 1. The number of benzene rings is 2. The Hall–Kier alpha value is -2.40. The van der Waals surface area contributed by atoms with Crippen LogP contribution in [-0.2, 0) is 4.79 Å². The number of hydrogen-bond donors (Lipinski definition) is 2. The standard InChI is InChI=1S/C18H21FN2O2/c1-3-23-16-11-14(19)9-10-15(16)21-18(22)12(2)17(20)13-7-5-4-6-8-13/h4-12,17H,3,20H2,1-2H3,(H,21,22). The Kier molecular flexibility index (Phi) is 5.71. The highest BCUT2D eigenvalue weighted by molar-refractivity contribution is 5.94. The van der Waals surface area contributed by atoms with Gasteiger partial charge in [0, 0.05) is 12.1 Å². The number of ether oxygens (including phenoxy) is 1. The first kappa shape index (κ1) is 17.0. The van der Waals surface area contributed by atoms with E-state index < -0.39 is 17.8 Å². The monoisotopic (exact) mass is 316 g/mol. The zero-order chi connectivity index (χ0) is 16.8. The van der Waals surface area contributed by atoms with Crippen LogP contribution in [0.2, 0.25) is 0 Å². The van der Waals surface area contributed by atoms with Crippen LogP contribution >= 0.6 is 0 Å². The summed E-state index contributed by atoms with van der Waals surface area (Å²) < 4.78 is 18.7. The van der Waals surface area contributed by atoms with Crippen molar-refractivity contribution in [3.05, 3.63) is 59.9 Å². The molecule has 0 aliphatic carbocycles. The lowest BCUT2D eigenvalue weighted by molar-refractivity contribution is -0.120. The van der Waals surface area contributed by atoms with Crippen molar-refractivity contribution in [3.63, 3.8) is 0 Å². The van der Waals surface area contributed by atoms with Gasteiger partial charge >= 0.3 is 0 Å². The normalized spacial score (nSPS) is 13.2. The summed E-state index contributed by atoms with van der Waals surface area (Å²) >= 11 is 0. The number of hydrogen-bond acceptors (Lipinski definition) is 3. The van der Waals surface area contributed by atoms with Crippen LogP contribution < -0.4 is 15.8 Å². The number of carbonyl (C=O) groups is 1. The Balaban J connectivity index is 2.12. The Bertz CT molecular complexity index is 661. The van der Waals surface area contributed by atoms with Crippen LogP contribution in [-0.4, -0.2) is 12.5 Å². The maximum absolute atomic E-state index is 13.3. The fourth-order valence-corrected chi connectivity index (χ4v) is 2.25. The van der Waals surface area contributed by atoms with Crippen molar-refractivity contribution in [1.29, 1.82) is 0 Å². The van der Waals surface area contributed by atoms with E-state index in [4.69, 9.17) is 10.5 Å². The van der Waals surface area contributed by atoms with E-state index in [9.17, 15) is 9.18 Å². The molecule has 2 atom stereocenters. The summed E-state index contributed by atoms with van der Waals surface area (Å²) in [6, 6.07) is 13.0. The minimum absolute atomic E-state index is 0.242. The van der Waals surface area contributed by atoms with Gasteiger partial charge in [-0.25, -0.2) is 4.39 Å². The van der Waals surface area contributed by atoms with E-state index in [0.717, 1.165) is 5.56 Å². The summed E-state index contributed by atoms with van der Waals surface area (Å²) in [5.74, 6) is -0.798. The molecule has 122 valence electrons. The second-order valence-corrected chi connectivity index (χ2v) is 5.29. The van der Waals surface area contributed by atoms with Crippen LogP contribution in [0.15, 0.2) is 48.5 Å². The van der Waals surface area contributed by atoms with Gasteiger partial charge in [-0.1, -0.05) is 37.3 Å². The molecule has 4 nitrogen and oxygen atoms in total. The fourth-order valence-electron chi connectivity index (χ4n) is 2.25. The topological polar surface area (TPSA) is 64.3 Å². The van der Waals surface area contributed by atoms with Crippen molar-refractivity contribution in [3.8, 4) is 5.75 Å². The van der Waals surface area contributed by atoms with Crippen LogP contribution in [0.25, 0.3) is 0 Å². The minimum atomic E-state index is -0.447. The number of nitrogens with one attached hydrogen (secondary N) is 1. The van der Waals surface area contributed by atoms with Gasteiger partial charge in [0.15, 0.2) is 0 Å². The molecule has 0 bridgehead atoms. The molecule has 3 N–H and O–H groups in total. The molecule has 2 aromatic carbocycles. The summed E-state index contributed by atoms with van der Waals surface area (Å²) in [6.45, 7) is 3.94. The molecule has 0 saturated heterocycles. The van der Waals surface area contributed by atoms with Gasteiger partial charge in [-0.05, 0) is 24.6 Å². The van der Waals surface area contributed by atoms with Crippen LogP contribution in [0.4, 0.5) is 10.1 Å². The predicted octanol–water partition coefficient (Wildman–Crippen LogP) is 3.50. The molecule has 0 aromatic heterocycles.